The van der Waals surface area contributed by atoms with Crippen molar-refractivity contribution in [1.82, 2.24) is 5.54 Å². The van der Waals surface area contributed by atoms with Crippen LogP contribution in [0.15, 0.2) is 0 Å². The quantitative estimate of drug-likeness (QED) is 0.393. The SMILES string of the molecule is CCC(C)CCCCCCCCCNF. The van der Waals surface area contributed by atoms with Gasteiger partial charge in [0.1, 0.15) is 0 Å². The van der Waals surface area contributed by atoms with Crippen molar-refractivity contribution in [1.29, 1.82) is 0 Å². The molecular formula is C13H28FN. The van der Waals surface area contributed by atoms with Crippen LogP contribution in [-0.2, 0) is 0 Å². The molecule has 0 bridgehead atoms. The summed E-state index contributed by atoms with van der Waals surface area (Å²) in [6, 6.07) is 0. The van der Waals surface area contributed by atoms with E-state index in [1.165, 1.54) is 51.4 Å². The van der Waals surface area contributed by atoms with Crippen LogP contribution in [0.2, 0.25) is 0 Å². The van der Waals surface area contributed by atoms with Crippen LogP contribution in [0.1, 0.15) is 71.6 Å². The normalized spacial score (nSPS) is 13.0. The Bertz CT molecular complexity index is 117. The second-order valence-corrected chi connectivity index (χ2v) is 4.66. The number of halogens is 1. The molecule has 0 fully saturated rings. The minimum Gasteiger partial charge on any atom is -0.159 e. The van der Waals surface area contributed by atoms with E-state index in [4.69, 9.17) is 0 Å². The molecule has 92 valence electrons. The van der Waals surface area contributed by atoms with Gasteiger partial charge in [-0.3, -0.25) is 0 Å². The zero-order valence-electron chi connectivity index (χ0n) is 10.5. The van der Waals surface area contributed by atoms with Crippen LogP contribution in [0.3, 0.4) is 0 Å². The van der Waals surface area contributed by atoms with E-state index in [1.807, 2.05) is 0 Å². The fourth-order valence-electron chi connectivity index (χ4n) is 1.77. The summed E-state index contributed by atoms with van der Waals surface area (Å²) < 4.78 is 11.5. The molecule has 0 aliphatic heterocycles. The first kappa shape index (κ1) is 14.9. The van der Waals surface area contributed by atoms with Gasteiger partial charge in [0.05, 0.1) is 0 Å². The van der Waals surface area contributed by atoms with Crippen LogP contribution >= 0.6 is 0 Å². The Hall–Kier alpha value is -0.110. The molecule has 0 rings (SSSR count). The van der Waals surface area contributed by atoms with E-state index in [-0.39, 0.29) is 0 Å². The highest BCUT2D eigenvalue weighted by atomic mass is 19.2. The molecule has 1 nitrogen and oxygen atoms in total. The fraction of sp³-hybridized carbons (Fsp3) is 1.00. The van der Waals surface area contributed by atoms with E-state index in [9.17, 15) is 4.48 Å². The Kier molecular flexibility index (Phi) is 11.9. The van der Waals surface area contributed by atoms with E-state index < -0.39 is 0 Å². The van der Waals surface area contributed by atoms with Gasteiger partial charge in [0.2, 0.25) is 0 Å². The number of rotatable bonds is 11. The van der Waals surface area contributed by atoms with Crippen LogP contribution in [0.5, 0.6) is 0 Å². The molecule has 0 aromatic carbocycles. The maximum Gasteiger partial charge on any atom is 0.0259 e. The number of hydrogen-bond donors (Lipinski definition) is 1. The van der Waals surface area contributed by atoms with Gasteiger partial charge in [-0.2, -0.15) is 5.54 Å². The van der Waals surface area contributed by atoms with E-state index >= 15 is 0 Å². The maximum atomic E-state index is 11.5. The smallest absolute Gasteiger partial charge is 0.0259 e. The van der Waals surface area contributed by atoms with Gasteiger partial charge in [-0.1, -0.05) is 65.2 Å². The van der Waals surface area contributed by atoms with Gasteiger partial charge in [0.15, 0.2) is 0 Å². The molecule has 0 spiro atoms. The summed E-state index contributed by atoms with van der Waals surface area (Å²) in [7, 11) is 0. The Balaban J connectivity index is 2.92. The summed E-state index contributed by atoms with van der Waals surface area (Å²) in [6.45, 7) is 5.13. The summed E-state index contributed by atoms with van der Waals surface area (Å²) in [4.78, 5) is 0. The molecule has 0 saturated heterocycles. The van der Waals surface area contributed by atoms with Crippen molar-refractivity contribution in [2.75, 3.05) is 6.54 Å². The molecule has 1 N–H and O–H groups in total. The molecule has 0 aliphatic carbocycles. The number of hydrogen-bond acceptors (Lipinski definition) is 1. The molecule has 2 heteroatoms. The number of nitrogens with one attached hydrogen (secondary N) is 1. The molecule has 0 aliphatic rings. The Morgan fingerprint density at radius 3 is 2.00 bits per heavy atom. The highest BCUT2D eigenvalue weighted by molar-refractivity contribution is 4.52. The molecule has 0 amide bonds. The molecule has 1 unspecified atom stereocenters. The Morgan fingerprint density at radius 1 is 0.933 bits per heavy atom. The van der Waals surface area contributed by atoms with E-state index in [0.29, 0.717) is 6.54 Å². The van der Waals surface area contributed by atoms with Gasteiger partial charge in [-0.15, -0.1) is 4.48 Å². The van der Waals surface area contributed by atoms with Gasteiger partial charge in [0, 0.05) is 6.54 Å². The van der Waals surface area contributed by atoms with Crippen molar-refractivity contribution in [3.05, 3.63) is 0 Å². The lowest BCUT2D eigenvalue weighted by Gasteiger charge is -2.07. The van der Waals surface area contributed by atoms with E-state index in [2.05, 4.69) is 13.8 Å². The molecule has 0 saturated carbocycles. The van der Waals surface area contributed by atoms with Crippen molar-refractivity contribution in [2.24, 2.45) is 5.92 Å². The van der Waals surface area contributed by atoms with Crippen molar-refractivity contribution in [2.45, 2.75) is 71.6 Å². The summed E-state index contributed by atoms with van der Waals surface area (Å²) in [5.74, 6) is 0.903. The first-order valence-corrected chi connectivity index (χ1v) is 6.64. The standard InChI is InChI=1S/C13H28FN/c1-3-13(2)11-9-7-5-4-6-8-10-12-15-14/h13,15H,3-12H2,1-2H3. The molecule has 0 aromatic heterocycles. The minimum absolute atomic E-state index is 0.522. The monoisotopic (exact) mass is 217 g/mol. The van der Waals surface area contributed by atoms with Crippen LogP contribution < -0.4 is 5.54 Å². The summed E-state index contributed by atoms with van der Waals surface area (Å²) in [5, 5.41) is 0. The van der Waals surface area contributed by atoms with Gasteiger partial charge in [0.25, 0.3) is 0 Å². The minimum atomic E-state index is 0.522. The first-order valence-electron chi connectivity index (χ1n) is 6.64. The average Bonchev–Trinajstić information content (AvgIpc) is 2.26. The van der Waals surface area contributed by atoms with Crippen LogP contribution in [0.4, 0.5) is 4.48 Å². The third kappa shape index (κ3) is 11.8. The summed E-state index contributed by atoms with van der Waals surface area (Å²) >= 11 is 0. The lowest BCUT2D eigenvalue weighted by atomic mass is 10.00. The van der Waals surface area contributed by atoms with Gasteiger partial charge >= 0.3 is 0 Å². The molecular weight excluding hydrogens is 189 g/mol. The average molecular weight is 217 g/mol. The highest BCUT2D eigenvalue weighted by Crippen LogP contribution is 2.14. The molecule has 0 heterocycles. The van der Waals surface area contributed by atoms with Crippen molar-refractivity contribution in [3.63, 3.8) is 0 Å². The third-order valence-corrected chi connectivity index (χ3v) is 3.17. The van der Waals surface area contributed by atoms with Gasteiger partial charge < -0.3 is 0 Å². The Labute approximate surface area is 94.8 Å². The van der Waals surface area contributed by atoms with Crippen LogP contribution in [0.25, 0.3) is 0 Å². The predicted molar refractivity (Wildman–Crippen MR) is 65.5 cm³/mol. The lowest BCUT2D eigenvalue weighted by Crippen LogP contribution is -2.01. The first-order chi connectivity index (χ1) is 7.31. The highest BCUT2D eigenvalue weighted by Gasteiger charge is 1.97. The number of unbranched alkanes of at least 4 members (excludes halogenated alkanes) is 6. The zero-order chi connectivity index (χ0) is 11.4. The van der Waals surface area contributed by atoms with Crippen LogP contribution in [-0.4, -0.2) is 6.54 Å². The lowest BCUT2D eigenvalue weighted by molar-refractivity contribution is 0.327. The largest absolute Gasteiger partial charge is 0.159 e. The molecule has 15 heavy (non-hydrogen) atoms. The van der Waals surface area contributed by atoms with E-state index in [1.54, 1.807) is 5.54 Å². The topological polar surface area (TPSA) is 12.0 Å². The van der Waals surface area contributed by atoms with Crippen molar-refractivity contribution < 1.29 is 4.48 Å². The van der Waals surface area contributed by atoms with Crippen molar-refractivity contribution in [3.8, 4) is 0 Å². The second kappa shape index (κ2) is 12.0. The third-order valence-electron chi connectivity index (χ3n) is 3.17. The molecule has 1 atom stereocenters. The van der Waals surface area contributed by atoms with Gasteiger partial charge in [-0.05, 0) is 12.3 Å². The summed E-state index contributed by atoms with van der Waals surface area (Å²) in [5.41, 5.74) is 1.70. The Morgan fingerprint density at radius 2 is 1.47 bits per heavy atom. The van der Waals surface area contributed by atoms with Gasteiger partial charge in [-0.25, -0.2) is 0 Å². The zero-order valence-corrected chi connectivity index (χ0v) is 10.5. The molecule has 0 radical (unpaired) electrons. The molecule has 0 aromatic rings. The summed E-state index contributed by atoms with van der Waals surface area (Å²) in [6.07, 6.45) is 11.6. The maximum absolute atomic E-state index is 11.5. The second-order valence-electron chi connectivity index (χ2n) is 4.66. The van der Waals surface area contributed by atoms with E-state index in [0.717, 1.165) is 12.3 Å². The predicted octanol–water partition coefficient (Wildman–Crippen LogP) is 4.63. The van der Waals surface area contributed by atoms with Crippen molar-refractivity contribution >= 4 is 0 Å². The fourth-order valence-corrected chi connectivity index (χ4v) is 1.77. The van der Waals surface area contributed by atoms with Crippen LogP contribution in [0, 0.1) is 5.92 Å².